The van der Waals surface area contributed by atoms with E-state index in [0.717, 1.165) is 91.8 Å². The lowest BCUT2D eigenvalue weighted by molar-refractivity contribution is -0.301. The zero-order chi connectivity index (χ0) is 22.8. The average Bonchev–Trinajstić information content (AvgIpc) is 2.84. The second-order valence-electron chi connectivity index (χ2n) is 8.67. The summed E-state index contributed by atoms with van der Waals surface area (Å²) in [5, 5.41) is 39.2. The van der Waals surface area contributed by atoms with E-state index in [1.165, 1.54) is 0 Å². The molecule has 3 heterocycles. The number of rotatable bonds is 12. The SMILES string of the molecule is OCC1OC(OCCCN(CCN2CCOCC2)CCN2CCOCC2)C(O)C(O)C1O. The van der Waals surface area contributed by atoms with Gasteiger partial charge in [-0.25, -0.2) is 0 Å². The zero-order valence-electron chi connectivity index (χ0n) is 19.0. The summed E-state index contributed by atoms with van der Waals surface area (Å²) in [6.07, 6.45) is -5.42. The summed E-state index contributed by atoms with van der Waals surface area (Å²) in [7, 11) is 0. The Hall–Kier alpha value is -0.440. The summed E-state index contributed by atoms with van der Waals surface area (Å²) in [6.45, 7) is 11.7. The fourth-order valence-electron chi connectivity index (χ4n) is 4.24. The van der Waals surface area contributed by atoms with Crippen molar-refractivity contribution in [3.05, 3.63) is 0 Å². The van der Waals surface area contributed by atoms with Gasteiger partial charge in [-0.2, -0.15) is 0 Å². The maximum Gasteiger partial charge on any atom is 0.186 e. The molecule has 3 fully saturated rings. The molecule has 0 spiro atoms. The van der Waals surface area contributed by atoms with Crippen LogP contribution >= 0.6 is 0 Å². The van der Waals surface area contributed by atoms with E-state index in [1.54, 1.807) is 0 Å². The first-order valence-corrected chi connectivity index (χ1v) is 11.8. The minimum Gasteiger partial charge on any atom is -0.394 e. The third-order valence-electron chi connectivity index (χ3n) is 6.42. The molecule has 0 aromatic heterocycles. The van der Waals surface area contributed by atoms with Gasteiger partial charge in [-0.3, -0.25) is 9.80 Å². The molecule has 5 atom stereocenters. The maximum absolute atomic E-state index is 10.1. The van der Waals surface area contributed by atoms with Crippen molar-refractivity contribution < 1.29 is 39.4 Å². The Labute approximate surface area is 190 Å². The summed E-state index contributed by atoms with van der Waals surface area (Å²) in [6, 6.07) is 0. The van der Waals surface area contributed by atoms with Gasteiger partial charge in [-0.05, 0) is 6.42 Å². The second kappa shape index (κ2) is 14.1. The molecule has 5 unspecified atom stereocenters. The predicted molar refractivity (Wildman–Crippen MR) is 115 cm³/mol. The number of hydrogen-bond acceptors (Lipinski definition) is 11. The van der Waals surface area contributed by atoms with Gasteiger partial charge in [0.05, 0.1) is 39.6 Å². The van der Waals surface area contributed by atoms with Crippen molar-refractivity contribution in [1.82, 2.24) is 14.7 Å². The number of morpholine rings is 2. The van der Waals surface area contributed by atoms with Crippen molar-refractivity contribution in [2.24, 2.45) is 0 Å². The molecular formula is C21H41N3O8. The highest BCUT2D eigenvalue weighted by atomic mass is 16.7. The Morgan fingerprint density at radius 1 is 0.781 bits per heavy atom. The summed E-state index contributed by atoms with van der Waals surface area (Å²) < 4.78 is 21.9. The Kier molecular flexibility index (Phi) is 11.5. The zero-order valence-corrected chi connectivity index (χ0v) is 19.0. The van der Waals surface area contributed by atoms with Crippen LogP contribution in [0, 0.1) is 0 Å². The first-order chi connectivity index (χ1) is 15.6. The smallest absolute Gasteiger partial charge is 0.186 e. The predicted octanol–water partition coefficient (Wildman–Crippen LogP) is -2.84. The fourth-order valence-corrected chi connectivity index (χ4v) is 4.24. The van der Waals surface area contributed by atoms with Gasteiger partial charge in [0, 0.05) is 58.9 Å². The molecule has 3 aliphatic rings. The molecule has 4 N–H and O–H groups in total. The molecule has 0 saturated carbocycles. The third kappa shape index (κ3) is 8.10. The van der Waals surface area contributed by atoms with Crippen molar-refractivity contribution in [2.45, 2.75) is 37.1 Å². The number of ether oxygens (including phenoxy) is 4. The second-order valence-corrected chi connectivity index (χ2v) is 8.67. The third-order valence-corrected chi connectivity index (χ3v) is 6.42. The largest absolute Gasteiger partial charge is 0.394 e. The van der Waals surface area contributed by atoms with Gasteiger partial charge in [0.25, 0.3) is 0 Å². The summed E-state index contributed by atoms with van der Waals surface area (Å²) in [5.74, 6) is 0. The Bertz CT molecular complexity index is 483. The fraction of sp³-hybridized carbons (Fsp3) is 1.00. The summed E-state index contributed by atoms with van der Waals surface area (Å²) in [5.41, 5.74) is 0. The van der Waals surface area contributed by atoms with Crippen LogP contribution in [0.3, 0.4) is 0 Å². The van der Waals surface area contributed by atoms with Gasteiger partial charge in [0.15, 0.2) is 6.29 Å². The van der Waals surface area contributed by atoms with Crippen LogP contribution in [0.4, 0.5) is 0 Å². The van der Waals surface area contributed by atoms with Gasteiger partial charge < -0.3 is 44.3 Å². The van der Waals surface area contributed by atoms with Crippen molar-refractivity contribution in [3.8, 4) is 0 Å². The molecule has 0 radical (unpaired) electrons. The molecule has 3 saturated heterocycles. The molecule has 11 heteroatoms. The van der Waals surface area contributed by atoms with Gasteiger partial charge in [0.1, 0.15) is 24.4 Å². The molecule has 32 heavy (non-hydrogen) atoms. The highest BCUT2D eigenvalue weighted by Crippen LogP contribution is 2.22. The van der Waals surface area contributed by atoms with Crippen LogP contribution < -0.4 is 0 Å². The molecular weight excluding hydrogens is 422 g/mol. The molecule has 11 nitrogen and oxygen atoms in total. The maximum atomic E-state index is 10.1. The van der Waals surface area contributed by atoms with Gasteiger partial charge >= 0.3 is 0 Å². The molecule has 188 valence electrons. The van der Waals surface area contributed by atoms with E-state index in [4.69, 9.17) is 18.9 Å². The van der Waals surface area contributed by atoms with Crippen molar-refractivity contribution >= 4 is 0 Å². The van der Waals surface area contributed by atoms with Crippen LogP contribution in [-0.4, -0.2) is 164 Å². The lowest BCUT2D eigenvalue weighted by atomic mass is 9.99. The molecule has 0 aromatic carbocycles. The van der Waals surface area contributed by atoms with Crippen LogP contribution in [-0.2, 0) is 18.9 Å². The number of aliphatic hydroxyl groups is 4. The standard InChI is InChI=1S/C21H41N3O8/c25-16-17-18(26)19(27)20(28)21(32-17)31-11-1-2-22(3-5-23-7-12-29-13-8-23)4-6-24-9-14-30-15-10-24/h17-21,25-28H,1-16H2. The van der Waals surface area contributed by atoms with E-state index >= 15 is 0 Å². The highest BCUT2D eigenvalue weighted by molar-refractivity contribution is 4.88. The molecule has 0 aliphatic carbocycles. The first kappa shape index (κ1) is 26.2. The summed E-state index contributed by atoms with van der Waals surface area (Å²) in [4.78, 5) is 7.28. The molecule has 3 aliphatic heterocycles. The quantitative estimate of drug-likeness (QED) is 0.224. The van der Waals surface area contributed by atoms with Crippen molar-refractivity contribution in [2.75, 3.05) is 98.5 Å². The van der Waals surface area contributed by atoms with E-state index < -0.39 is 37.3 Å². The van der Waals surface area contributed by atoms with E-state index in [2.05, 4.69) is 14.7 Å². The Morgan fingerprint density at radius 2 is 1.34 bits per heavy atom. The Balaban J connectivity index is 1.41. The molecule has 0 aromatic rings. The number of nitrogens with zero attached hydrogens (tertiary/aromatic N) is 3. The lowest BCUT2D eigenvalue weighted by Crippen LogP contribution is -2.59. The number of aliphatic hydroxyl groups excluding tert-OH is 4. The van der Waals surface area contributed by atoms with Crippen molar-refractivity contribution in [1.29, 1.82) is 0 Å². The molecule has 0 amide bonds. The van der Waals surface area contributed by atoms with E-state index in [1.807, 2.05) is 0 Å². The minimum absolute atomic E-state index is 0.342. The normalized spacial score (nSPS) is 33.1. The van der Waals surface area contributed by atoms with Crippen LogP contribution in [0.15, 0.2) is 0 Å². The van der Waals surface area contributed by atoms with Crippen LogP contribution in [0.25, 0.3) is 0 Å². The van der Waals surface area contributed by atoms with Gasteiger partial charge in [-0.1, -0.05) is 0 Å². The first-order valence-electron chi connectivity index (χ1n) is 11.8. The number of hydrogen-bond donors (Lipinski definition) is 4. The molecule has 3 rings (SSSR count). The monoisotopic (exact) mass is 463 g/mol. The van der Waals surface area contributed by atoms with Crippen LogP contribution in [0.5, 0.6) is 0 Å². The van der Waals surface area contributed by atoms with E-state index in [9.17, 15) is 20.4 Å². The van der Waals surface area contributed by atoms with Crippen molar-refractivity contribution in [3.63, 3.8) is 0 Å². The van der Waals surface area contributed by atoms with Crippen LogP contribution in [0.1, 0.15) is 6.42 Å². The summed E-state index contributed by atoms with van der Waals surface area (Å²) >= 11 is 0. The Morgan fingerprint density at radius 3 is 1.88 bits per heavy atom. The van der Waals surface area contributed by atoms with E-state index in [-0.39, 0.29) is 0 Å². The topological polar surface area (TPSA) is 128 Å². The van der Waals surface area contributed by atoms with Crippen LogP contribution in [0.2, 0.25) is 0 Å². The van der Waals surface area contributed by atoms with Gasteiger partial charge in [0.2, 0.25) is 0 Å². The van der Waals surface area contributed by atoms with E-state index in [0.29, 0.717) is 6.61 Å². The molecule has 0 bridgehead atoms. The average molecular weight is 464 g/mol. The minimum atomic E-state index is -1.41. The lowest BCUT2D eigenvalue weighted by Gasteiger charge is -2.39. The highest BCUT2D eigenvalue weighted by Gasteiger charge is 2.43. The van der Waals surface area contributed by atoms with Gasteiger partial charge in [-0.15, -0.1) is 0 Å².